The van der Waals surface area contributed by atoms with Gasteiger partial charge in [-0.1, -0.05) is 82.8 Å². The quantitative estimate of drug-likeness (QED) is 0.494. The molecule has 1 heterocycles. The Balaban J connectivity index is 0.000000394. The molecule has 0 aliphatic carbocycles. The standard InChI is InChI=1S/C19H23N.C8H10.CH4/c1-6-13(2)9-7-10-17-14(3)15(4)18-11-8-12-20-19(18)16(17)5;1-7-5-3-4-6-8(7)2;/h7-13H,5-6H2,1-4H3;3-6H,1-2H3;1H4/b9-7-,17-10-;;. The van der Waals surface area contributed by atoms with Crippen molar-refractivity contribution in [1.82, 2.24) is 4.98 Å². The van der Waals surface area contributed by atoms with Crippen molar-refractivity contribution in [2.75, 3.05) is 0 Å². The summed E-state index contributed by atoms with van der Waals surface area (Å²) in [5, 5.41) is 3.43. The average molecular weight is 388 g/mol. The summed E-state index contributed by atoms with van der Waals surface area (Å²) in [6, 6.07) is 12.5. The third kappa shape index (κ3) is 6.15. The van der Waals surface area contributed by atoms with Gasteiger partial charge >= 0.3 is 0 Å². The van der Waals surface area contributed by atoms with Crippen LogP contribution in [0.1, 0.15) is 49.9 Å². The molecule has 0 aliphatic heterocycles. The van der Waals surface area contributed by atoms with Gasteiger partial charge in [-0.3, -0.25) is 4.98 Å². The van der Waals surface area contributed by atoms with Crippen LogP contribution in [0.2, 0.25) is 0 Å². The average Bonchev–Trinajstić information content (AvgIpc) is 2.71. The van der Waals surface area contributed by atoms with Crippen LogP contribution in [0.25, 0.3) is 23.6 Å². The van der Waals surface area contributed by atoms with E-state index in [1.807, 2.05) is 12.3 Å². The topological polar surface area (TPSA) is 12.9 Å². The van der Waals surface area contributed by atoms with Gasteiger partial charge in [0.05, 0.1) is 5.52 Å². The van der Waals surface area contributed by atoms with Crippen molar-refractivity contribution in [1.29, 1.82) is 0 Å². The van der Waals surface area contributed by atoms with Gasteiger partial charge in [0.2, 0.25) is 0 Å². The normalized spacial score (nSPS) is 12.4. The van der Waals surface area contributed by atoms with E-state index in [2.05, 4.69) is 102 Å². The van der Waals surface area contributed by atoms with Crippen molar-refractivity contribution < 1.29 is 0 Å². The van der Waals surface area contributed by atoms with Crippen molar-refractivity contribution in [2.24, 2.45) is 5.92 Å². The maximum atomic E-state index is 4.50. The van der Waals surface area contributed by atoms with E-state index in [0.717, 1.165) is 10.7 Å². The van der Waals surface area contributed by atoms with Crippen LogP contribution in [0.3, 0.4) is 0 Å². The van der Waals surface area contributed by atoms with E-state index < -0.39 is 0 Å². The maximum absolute atomic E-state index is 4.50. The first kappa shape index (κ1) is 24.4. The molecule has 1 nitrogen and oxygen atoms in total. The molecule has 0 spiro atoms. The Kier molecular flexibility index (Phi) is 9.55. The SMILES string of the molecule is C.C=c1/c(=C\C=C/C(C)CC)c(C)c(C)c2cccnc12.Cc1ccccc1C. The minimum absolute atomic E-state index is 0. The monoisotopic (exact) mass is 387 g/mol. The second kappa shape index (κ2) is 11.4. The second-order valence-electron chi connectivity index (χ2n) is 7.56. The number of allylic oxidation sites excluding steroid dienone is 2. The molecule has 0 saturated carbocycles. The Labute approximate surface area is 177 Å². The minimum Gasteiger partial charge on any atom is -0.256 e. The molecule has 0 saturated heterocycles. The molecule has 0 bridgehead atoms. The van der Waals surface area contributed by atoms with Crippen LogP contribution in [-0.2, 0) is 0 Å². The molecule has 0 fully saturated rings. The van der Waals surface area contributed by atoms with Crippen molar-refractivity contribution in [3.63, 3.8) is 0 Å². The molecule has 1 heteroatoms. The number of rotatable bonds is 3. The lowest BCUT2D eigenvalue weighted by Gasteiger charge is -2.07. The van der Waals surface area contributed by atoms with E-state index in [1.165, 1.54) is 39.3 Å². The first-order valence-electron chi connectivity index (χ1n) is 10.1. The van der Waals surface area contributed by atoms with Gasteiger partial charge in [-0.25, -0.2) is 0 Å². The smallest absolute Gasteiger partial charge is 0.0777 e. The number of aryl methyl sites for hydroxylation is 3. The summed E-state index contributed by atoms with van der Waals surface area (Å²) in [7, 11) is 0. The zero-order valence-corrected chi connectivity index (χ0v) is 18.2. The molecular weight excluding hydrogens is 350 g/mol. The summed E-state index contributed by atoms with van der Waals surface area (Å²) in [6.45, 7) is 17.2. The molecule has 0 aliphatic rings. The maximum Gasteiger partial charge on any atom is 0.0777 e. The van der Waals surface area contributed by atoms with Crippen LogP contribution in [0.5, 0.6) is 0 Å². The largest absolute Gasteiger partial charge is 0.256 e. The van der Waals surface area contributed by atoms with Crippen molar-refractivity contribution in [3.05, 3.63) is 87.4 Å². The Bertz CT molecular complexity index is 1050. The van der Waals surface area contributed by atoms with E-state index in [0.29, 0.717) is 5.92 Å². The number of hydrogen-bond acceptors (Lipinski definition) is 1. The highest BCUT2D eigenvalue weighted by atomic mass is 14.6. The van der Waals surface area contributed by atoms with Gasteiger partial charge in [-0.2, -0.15) is 0 Å². The Morgan fingerprint density at radius 2 is 1.59 bits per heavy atom. The third-order valence-corrected chi connectivity index (χ3v) is 5.56. The van der Waals surface area contributed by atoms with Crippen LogP contribution in [0, 0.1) is 33.6 Å². The molecule has 1 unspecified atom stereocenters. The summed E-state index contributed by atoms with van der Waals surface area (Å²) in [5.74, 6) is 0.611. The van der Waals surface area contributed by atoms with E-state index in [1.54, 1.807) is 0 Å². The highest BCUT2D eigenvalue weighted by Crippen LogP contribution is 2.13. The van der Waals surface area contributed by atoms with E-state index in [-0.39, 0.29) is 7.43 Å². The van der Waals surface area contributed by atoms with Crippen molar-refractivity contribution in [3.8, 4) is 0 Å². The van der Waals surface area contributed by atoms with Gasteiger partial charge in [0.25, 0.3) is 0 Å². The molecule has 3 rings (SSSR count). The summed E-state index contributed by atoms with van der Waals surface area (Å²) < 4.78 is 0. The number of fused-ring (bicyclic) bond motifs is 1. The molecule has 29 heavy (non-hydrogen) atoms. The predicted octanol–water partition coefficient (Wildman–Crippen LogP) is 6.58. The fourth-order valence-electron chi connectivity index (χ4n) is 3.07. The Morgan fingerprint density at radius 1 is 0.966 bits per heavy atom. The third-order valence-electron chi connectivity index (χ3n) is 5.56. The first-order chi connectivity index (χ1) is 13.4. The summed E-state index contributed by atoms with van der Waals surface area (Å²) in [4.78, 5) is 4.50. The molecule has 0 N–H and O–H groups in total. The van der Waals surface area contributed by atoms with Gasteiger partial charge in [0.1, 0.15) is 0 Å². The molecule has 0 amide bonds. The van der Waals surface area contributed by atoms with E-state index >= 15 is 0 Å². The summed E-state index contributed by atoms with van der Waals surface area (Å²) >= 11 is 0. The number of benzene rings is 2. The van der Waals surface area contributed by atoms with Crippen LogP contribution in [0.4, 0.5) is 0 Å². The fourth-order valence-corrected chi connectivity index (χ4v) is 3.07. The zero-order chi connectivity index (χ0) is 20.7. The number of hydrogen-bond donors (Lipinski definition) is 0. The number of pyridine rings is 1. The first-order valence-corrected chi connectivity index (χ1v) is 10.1. The number of aromatic nitrogens is 1. The van der Waals surface area contributed by atoms with Crippen LogP contribution >= 0.6 is 0 Å². The zero-order valence-electron chi connectivity index (χ0n) is 18.2. The Morgan fingerprint density at radius 3 is 2.14 bits per heavy atom. The lowest BCUT2D eigenvalue weighted by molar-refractivity contribution is 0.699. The fraction of sp³-hybridized carbons (Fsp3) is 0.321. The van der Waals surface area contributed by atoms with Gasteiger partial charge in [0.15, 0.2) is 0 Å². The van der Waals surface area contributed by atoms with Gasteiger partial charge in [-0.05, 0) is 67.2 Å². The van der Waals surface area contributed by atoms with Crippen LogP contribution < -0.4 is 10.4 Å². The summed E-state index contributed by atoms with van der Waals surface area (Å²) in [5.41, 5.74) is 6.34. The van der Waals surface area contributed by atoms with Gasteiger partial charge in [-0.15, -0.1) is 0 Å². The molecular formula is C28H37N. The van der Waals surface area contributed by atoms with Crippen molar-refractivity contribution in [2.45, 2.75) is 55.4 Å². The molecule has 0 radical (unpaired) electrons. The predicted molar refractivity (Wildman–Crippen MR) is 132 cm³/mol. The molecule has 1 atom stereocenters. The van der Waals surface area contributed by atoms with E-state index in [9.17, 15) is 0 Å². The van der Waals surface area contributed by atoms with E-state index in [4.69, 9.17) is 0 Å². The lowest BCUT2D eigenvalue weighted by atomic mass is 9.99. The molecule has 3 aromatic rings. The molecule has 154 valence electrons. The van der Waals surface area contributed by atoms with Gasteiger partial charge < -0.3 is 0 Å². The highest BCUT2D eigenvalue weighted by molar-refractivity contribution is 5.84. The second-order valence-corrected chi connectivity index (χ2v) is 7.56. The molecule has 1 aromatic heterocycles. The van der Waals surface area contributed by atoms with Gasteiger partial charge in [0, 0.05) is 16.8 Å². The van der Waals surface area contributed by atoms with Crippen LogP contribution in [0.15, 0.2) is 54.7 Å². The van der Waals surface area contributed by atoms with Crippen LogP contribution in [-0.4, -0.2) is 4.98 Å². The van der Waals surface area contributed by atoms with Crippen molar-refractivity contribution >= 4 is 23.6 Å². The number of nitrogens with zero attached hydrogens (tertiary/aromatic N) is 1. The Hall–Kier alpha value is -2.67. The molecule has 2 aromatic carbocycles. The summed E-state index contributed by atoms with van der Waals surface area (Å²) in [6.07, 6.45) is 9.57. The highest BCUT2D eigenvalue weighted by Gasteiger charge is 2.04. The minimum atomic E-state index is 0. The lowest BCUT2D eigenvalue weighted by Crippen LogP contribution is -2.28.